The third kappa shape index (κ3) is 3.05. The zero-order valence-corrected chi connectivity index (χ0v) is 13.2. The summed E-state index contributed by atoms with van der Waals surface area (Å²) < 4.78 is 1.74. The summed E-state index contributed by atoms with van der Waals surface area (Å²) >= 11 is 5.83. The minimum atomic E-state index is -1.03. The lowest BCUT2D eigenvalue weighted by molar-refractivity contribution is -0.152. The molecule has 0 radical (unpaired) electrons. The summed E-state index contributed by atoms with van der Waals surface area (Å²) in [5, 5.41) is 18.0. The van der Waals surface area contributed by atoms with Crippen LogP contribution >= 0.6 is 11.6 Å². The molecule has 1 aromatic heterocycles. The van der Waals surface area contributed by atoms with E-state index in [1.165, 1.54) is 4.90 Å². The molecule has 0 spiro atoms. The van der Waals surface area contributed by atoms with Gasteiger partial charge in [-0.15, -0.1) is 10.2 Å². The van der Waals surface area contributed by atoms with Crippen molar-refractivity contribution in [2.45, 2.75) is 32.5 Å². The van der Waals surface area contributed by atoms with Crippen molar-refractivity contribution in [2.24, 2.45) is 0 Å². The zero-order valence-electron chi connectivity index (χ0n) is 12.4. The number of nitrogens with zero attached hydrogens (tertiary/aromatic N) is 4. The molecule has 8 heteroatoms. The Hall–Kier alpha value is -2.41. The maximum atomic E-state index is 12.6. The number of carbonyl (C=O) groups excluding carboxylic acids is 1. The molecule has 0 aliphatic carbocycles. The minimum absolute atomic E-state index is 0.119. The van der Waals surface area contributed by atoms with Crippen molar-refractivity contribution in [2.75, 3.05) is 0 Å². The van der Waals surface area contributed by atoms with Crippen LogP contribution in [0.3, 0.4) is 0 Å². The average molecular weight is 335 g/mol. The number of fused-ring (bicyclic) bond motifs is 1. The van der Waals surface area contributed by atoms with Crippen molar-refractivity contribution < 1.29 is 14.7 Å². The van der Waals surface area contributed by atoms with E-state index >= 15 is 0 Å². The monoisotopic (exact) mass is 334 g/mol. The molecule has 0 bridgehead atoms. The van der Waals surface area contributed by atoms with Gasteiger partial charge in [-0.25, -0.2) is 4.79 Å². The maximum Gasteiger partial charge on any atom is 0.328 e. The van der Waals surface area contributed by atoms with Crippen LogP contribution in [0.15, 0.2) is 24.3 Å². The molecule has 0 saturated carbocycles. The number of halogens is 1. The Bertz CT molecular complexity index is 757. The summed E-state index contributed by atoms with van der Waals surface area (Å²) in [7, 11) is 0. The number of hydrogen-bond acceptors (Lipinski definition) is 4. The van der Waals surface area contributed by atoms with E-state index < -0.39 is 12.0 Å². The molecule has 1 N–H and O–H groups in total. The molecule has 1 unspecified atom stereocenters. The molecule has 0 fully saturated rings. The second kappa shape index (κ2) is 6.00. The summed E-state index contributed by atoms with van der Waals surface area (Å²) in [6.45, 7) is 2.07. The van der Waals surface area contributed by atoms with Gasteiger partial charge in [-0.2, -0.15) is 0 Å². The van der Waals surface area contributed by atoms with E-state index in [-0.39, 0.29) is 25.4 Å². The van der Waals surface area contributed by atoms with Gasteiger partial charge in [-0.3, -0.25) is 4.79 Å². The first-order valence-corrected chi connectivity index (χ1v) is 7.49. The Labute approximate surface area is 137 Å². The van der Waals surface area contributed by atoms with Gasteiger partial charge in [-0.05, 0) is 24.6 Å². The number of amides is 1. The molecular weight excluding hydrogens is 320 g/mol. The molecule has 1 amide bonds. The van der Waals surface area contributed by atoms with E-state index in [2.05, 4.69) is 10.2 Å². The molecular formula is C15H15ClN4O3. The lowest BCUT2D eigenvalue weighted by Crippen LogP contribution is -2.51. The number of hydrogen-bond donors (Lipinski definition) is 1. The first-order valence-electron chi connectivity index (χ1n) is 7.11. The van der Waals surface area contributed by atoms with Crippen LogP contribution in [-0.4, -0.2) is 42.7 Å². The molecule has 23 heavy (non-hydrogen) atoms. The summed E-state index contributed by atoms with van der Waals surface area (Å²) in [4.78, 5) is 25.4. The Kier molecular flexibility index (Phi) is 4.04. The van der Waals surface area contributed by atoms with Crippen LogP contribution in [0.1, 0.15) is 17.2 Å². The summed E-state index contributed by atoms with van der Waals surface area (Å²) in [6, 6.07) is 6.00. The van der Waals surface area contributed by atoms with Crippen molar-refractivity contribution in [3.05, 3.63) is 46.5 Å². The van der Waals surface area contributed by atoms with Crippen molar-refractivity contribution in [3.63, 3.8) is 0 Å². The fraction of sp³-hybridized carbons (Fsp3) is 0.333. The number of benzene rings is 1. The molecule has 2 heterocycles. The van der Waals surface area contributed by atoms with Gasteiger partial charge in [0, 0.05) is 5.02 Å². The number of aryl methyl sites for hydroxylation is 1. The molecule has 1 aliphatic rings. The first kappa shape index (κ1) is 15.5. The van der Waals surface area contributed by atoms with Gasteiger partial charge >= 0.3 is 5.97 Å². The van der Waals surface area contributed by atoms with Crippen LogP contribution < -0.4 is 0 Å². The molecule has 0 saturated heterocycles. The molecule has 2 aromatic rings. The number of aromatic nitrogens is 3. The quantitative estimate of drug-likeness (QED) is 0.913. The lowest BCUT2D eigenvalue weighted by atomic mass is 10.1. The third-order valence-corrected chi connectivity index (χ3v) is 4.18. The topological polar surface area (TPSA) is 88.3 Å². The molecule has 7 nitrogen and oxygen atoms in total. The van der Waals surface area contributed by atoms with Gasteiger partial charge in [0.15, 0.2) is 5.82 Å². The van der Waals surface area contributed by atoms with E-state index in [0.29, 0.717) is 16.7 Å². The normalized spacial score (nSPS) is 17.0. The lowest BCUT2D eigenvalue weighted by Gasteiger charge is -2.33. The zero-order chi connectivity index (χ0) is 16.6. The Balaban J connectivity index is 1.83. The molecule has 1 aliphatic heterocycles. The molecule has 1 aromatic carbocycles. The van der Waals surface area contributed by atoms with Gasteiger partial charge in [0.2, 0.25) is 5.91 Å². The summed E-state index contributed by atoms with van der Waals surface area (Å²) in [5.74, 6) is -0.0414. The van der Waals surface area contributed by atoms with Crippen molar-refractivity contribution >= 4 is 23.5 Å². The second-order valence-electron chi connectivity index (χ2n) is 5.45. The predicted octanol–water partition coefficient (Wildman–Crippen LogP) is 1.28. The van der Waals surface area contributed by atoms with E-state index in [0.717, 1.165) is 5.56 Å². The molecule has 3 rings (SSSR count). The maximum absolute atomic E-state index is 12.6. The van der Waals surface area contributed by atoms with Crippen LogP contribution in [0.5, 0.6) is 0 Å². The highest BCUT2D eigenvalue weighted by Gasteiger charge is 2.36. The standard InChI is InChI=1S/C15H15ClN4O3/c1-9-17-18-13-8-20(12(15(22)23)7-19(9)13)14(21)6-10-2-4-11(16)5-3-10/h2-5,12H,6-8H2,1H3,(H,22,23). The first-order chi connectivity index (χ1) is 11.0. The predicted molar refractivity (Wildman–Crippen MR) is 81.9 cm³/mol. The van der Waals surface area contributed by atoms with E-state index in [1.807, 2.05) is 0 Å². The number of carboxylic acid groups (broad SMARTS) is 1. The van der Waals surface area contributed by atoms with Crippen LogP contribution in [-0.2, 0) is 29.1 Å². The van der Waals surface area contributed by atoms with Gasteiger partial charge in [0.25, 0.3) is 0 Å². The largest absolute Gasteiger partial charge is 0.480 e. The number of rotatable bonds is 3. The Morgan fingerprint density at radius 3 is 2.65 bits per heavy atom. The number of aliphatic carboxylic acids is 1. The van der Waals surface area contributed by atoms with Crippen molar-refractivity contribution in [3.8, 4) is 0 Å². The second-order valence-corrected chi connectivity index (χ2v) is 5.89. The fourth-order valence-corrected chi connectivity index (χ4v) is 2.79. The highest BCUT2D eigenvalue weighted by atomic mass is 35.5. The summed E-state index contributed by atoms with van der Waals surface area (Å²) in [6.07, 6.45) is 0.119. The Morgan fingerprint density at radius 2 is 2.00 bits per heavy atom. The smallest absolute Gasteiger partial charge is 0.328 e. The Morgan fingerprint density at radius 1 is 1.30 bits per heavy atom. The fourth-order valence-electron chi connectivity index (χ4n) is 2.67. The highest BCUT2D eigenvalue weighted by molar-refractivity contribution is 6.30. The highest BCUT2D eigenvalue weighted by Crippen LogP contribution is 2.20. The van der Waals surface area contributed by atoms with E-state index in [4.69, 9.17) is 11.6 Å². The van der Waals surface area contributed by atoms with Crippen LogP contribution in [0.25, 0.3) is 0 Å². The summed E-state index contributed by atoms with van der Waals surface area (Å²) in [5.41, 5.74) is 0.784. The van der Waals surface area contributed by atoms with Gasteiger partial charge in [0.1, 0.15) is 11.9 Å². The average Bonchev–Trinajstić information content (AvgIpc) is 2.89. The van der Waals surface area contributed by atoms with Crippen LogP contribution in [0.4, 0.5) is 0 Å². The number of carboxylic acids is 1. The van der Waals surface area contributed by atoms with Gasteiger partial charge in [0.05, 0.1) is 19.5 Å². The molecule has 1 atom stereocenters. The van der Waals surface area contributed by atoms with Crippen molar-refractivity contribution in [1.29, 1.82) is 0 Å². The van der Waals surface area contributed by atoms with Crippen molar-refractivity contribution in [1.82, 2.24) is 19.7 Å². The van der Waals surface area contributed by atoms with Gasteiger partial charge in [-0.1, -0.05) is 23.7 Å². The minimum Gasteiger partial charge on any atom is -0.480 e. The van der Waals surface area contributed by atoms with Crippen LogP contribution in [0, 0.1) is 6.92 Å². The van der Waals surface area contributed by atoms with E-state index in [1.54, 1.807) is 35.8 Å². The number of carbonyl (C=O) groups is 2. The van der Waals surface area contributed by atoms with Crippen LogP contribution in [0.2, 0.25) is 5.02 Å². The van der Waals surface area contributed by atoms with Gasteiger partial charge < -0.3 is 14.6 Å². The SMILES string of the molecule is Cc1nnc2n1CC(C(=O)O)N(C(=O)Cc1ccc(Cl)cc1)C2. The molecule has 120 valence electrons. The third-order valence-electron chi connectivity index (χ3n) is 3.93. The van der Waals surface area contributed by atoms with E-state index in [9.17, 15) is 14.7 Å².